The van der Waals surface area contributed by atoms with Gasteiger partial charge in [-0.2, -0.15) is 0 Å². The Kier molecular flexibility index (Phi) is 5.58. The van der Waals surface area contributed by atoms with Crippen molar-refractivity contribution in [3.8, 4) is 0 Å². The minimum atomic E-state index is -0.429. The fraction of sp³-hybridized carbons (Fsp3) is 0.647. The lowest BCUT2D eigenvalue weighted by Crippen LogP contribution is -2.35. The molecule has 0 amide bonds. The van der Waals surface area contributed by atoms with Crippen molar-refractivity contribution in [2.75, 3.05) is 19.7 Å². The van der Waals surface area contributed by atoms with Gasteiger partial charge in [0.2, 0.25) is 0 Å². The Labute approximate surface area is 122 Å². The molecule has 112 valence electrons. The van der Waals surface area contributed by atoms with Gasteiger partial charge in [0.1, 0.15) is 0 Å². The third-order valence-corrected chi connectivity index (χ3v) is 4.40. The van der Waals surface area contributed by atoms with Gasteiger partial charge < -0.3 is 15.2 Å². The Morgan fingerprint density at radius 1 is 1.25 bits per heavy atom. The molecule has 0 saturated heterocycles. The summed E-state index contributed by atoms with van der Waals surface area (Å²) in [5, 5.41) is 13.3. The van der Waals surface area contributed by atoms with Crippen molar-refractivity contribution in [2.24, 2.45) is 11.3 Å². The van der Waals surface area contributed by atoms with Crippen LogP contribution in [0.25, 0.3) is 0 Å². The lowest BCUT2D eigenvalue weighted by molar-refractivity contribution is 0.0281. The number of hydrogen-bond acceptors (Lipinski definition) is 3. The van der Waals surface area contributed by atoms with Crippen molar-refractivity contribution in [1.29, 1.82) is 0 Å². The largest absolute Gasteiger partial charge is 0.389 e. The Morgan fingerprint density at radius 3 is 2.55 bits per heavy atom. The van der Waals surface area contributed by atoms with Crippen molar-refractivity contribution < 1.29 is 9.84 Å². The van der Waals surface area contributed by atoms with E-state index in [0.29, 0.717) is 25.2 Å². The summed E-state index contributed by atoms with van der Waals surface area (Å²) >= 11 is 0. The zero-order valence-corrected chi connectivity index (χ0v) is 12.6. The molecule has 0 radical (unpaired) electrons. The fourth-order valence-corrected chi connectivity index (χ4v) is 2.55. The molecule has 1 saturated carbocycles. The van der Waals surface area contributed by atoms with Crippen LogP contribution in [0.3, 0.4) is 0 Å². The first kappa shape index (κ1) is 15.5. The van der Waals surface area contributed by atoms with Crippen LogP contribution in [0.2, 0.25) is 0 Å². The number of rotatable bonds is 9. The second-order valence-electron chi connectivity index (χ2n) is 6.30. The molecular weight excluding hydrogens is 250 g/mol. The standard InChI is InChI=1S/C17H27NO2/c1-14(2)17(8-9-17)13-18-10-16(19)12-20-11-15-6-4-3-5-7-15/h3-7,14,16,18-19H,8-13H2,1-2H3. The molecule has 2 N–H and O–H groups in total. The first-order chi connectivity index (χ1) is 9.62. The first-order valence-corrected chi connectivity index (χ1v) is 7.63. The molecule has 0 aliphatic heterocycles. The van der Waals surface area contributed by atoms with Crippen LogP contribution in [0.5, 0.6) is 0 Å². The average molecular weight is 277 g/mol. The zero-order chi connectivity index (χ0) is 14.4. The van der Waals surface area contributed by atoms with Crippen molar-refractivity contribution in [3.05, 3.63) is 35.9 Å². The van der Waals surface area contributed by atoms with Crippen molar-refractivity contribution >= 4 is 0 Å². The SMILES string of the molecule is CC(C)C1(CNCC(O)COCc2ccccc2)CC1. The van der Waals surface area contributed by atoms with Crippen molar-refractivity contribution in [2.45, 2.75) is 39.4 Å². The van der Waals surface area contributed by atoms with E-state index in [9.17, 15) is 5.11 Å². The Hall–Kier alpha value is -0.900. The molecule has 20 heavy (non-hydrogen) atoms. The van der Waals surface area contributed by atoms with Crippen LogP contribution in [0.1, 0.15) is 32.3 Å². The van der Waals surface area contributed by atoms with E-state index < -0.39 is 6.10 Å². The van der Waals surface area contributed by atoms with E-state index in [-0.39, 0.29) is 0 Å². The highest BCUT2D eigenvalue weighted by Gasteiger charge is 2.44. The van der Waals surface area contributed by atoms with Gasteiger partial charge in [-0.3, -0.25) is 0 Å². The second-order valence-corrected chi connectivity index (χ2v) is 6.30. The van der Waals surface area contributed by atoms with Gasteiger partial charge in [-0.05, 0) is 29.7 Å². The third kappa shape index (κ3) is 4.58. The van der Waals surface area contributed by atoms with Gasteiger partial charge in [-0.25, -0.2) is 0 Å². The lowest BCUT2D eigenvalue weighted by atomic mass is 9.92. The van der Waals surface area contributed by atoms with Crippen LogP contribution in [0.15, 0.2) is 30.3 Å². The minimum Gasteiger partial charge on any atom is -0.389 e. The van der Waals surface area contributed by atoms with Crippen LogP contribution < -0.4 is 5.32 Å². The summed E-state index contributed by atoms with van der Waals surface area (Å²) < 4.78 is 5.54. The van der Waals surface area contributed by atoms with Gasteiger partial charge in [0.25, 0.3) is 0 Å². The number of aliphatic hydroxyl groups excluding tert-OH is 1. The third-order valence-electron chi connectivity index (χ3n) is 4.40. The molecule has 1 aromatic rings. The van der Waals surface area contributed by atoms with Crippen molar-refractivity contribution in [1.82, 2.24) is 5.32 Å². The minimum absolute atomic E-state index is 0.385. The van der Waals surface area contributed by atoms with E-state index in [1.807, 2.05) is 30.3 Å². The summed E-state index contributed by atoms with van der Waals surface area (Å²) in [5.41, 5.74) is 1.63. The summed E-state index contributed by atoms with van der Waals surface area (Å²) in [6, 6.07) is 10.0. The average Bonchev–Trinajstić information content (AvgIpc) is 3.21. The summed E-state index contributed by atoms with van der Waals surface area (Å²) in [4.78, 5) is 0. The van der Waals surface area contributed by atoms with Gasteiger partial charge in [-0.1, -0.05) is 44.2 Å². The summed E-state index contributed by atoms with van der Waals surface area (Å²) in [5.74, 6) is 0.724. The van der Waals surface area contributed by atoms with Gasteiger partial charge in [0, 0.05) is 13.1 Å². The maximum absolute atomic E-state index is 9.90. The van der Waals surface area contributed by atoms with E-state index in [1.165, 1.54) is 12.8 Å². The number of benzene rings is 1. The van der Waals surface area contributed by atoms with E-state index >= 15 is 0 Å². The van der Waals surface area contributed by atoms with Gasteiger partial charge in [-0.15, -0.1) is 0 Å². The highest BCUT2D eigenvalue weighted by atomic mass is 16.5. The molecule has 3 nitrogen and oxygen atoms in total. The maximum Gasteiger partial charge on any atom is 0.0897 e. The topological polar surface area (TPSA) is 41.5 Å². The summed E-state index contributed by atoms with van der Waals surface area (Å²) in [6.45, 7) is 7.15. The van der Waals surface area contributed by atoms with Crippen LogP contribution in [0.4, 0.5) is 0 Å². The van der Waals surface area contributed by atoms with E-state index in [1.54, 1.807) is 0 Å². The molecule has 0 bridgehead atoms. The molecule has 1 aliphatic carbocycles. The van der Waals surface area contributed by atoms with Crippen LogP contribution in [-0.4, -0.2) is 30.9 Å². The summed E-state index contributed by atoms with van der Waals surface area (Å²) in [7, 11) is 0. The summed E-state index contributed by atoms with van der Waals surface area (Å²) in [6.07, 6.45) is 2.21. The Balaban J connectivity index is 1.56. The molecule has 0 spiro atoms. The fourth-order valence-electron chi connectivity index (χ4n) is 2.55. The number of nitrogens with one attached hydrogen (secondary N) is 1. The lowest BCUT2D eigenvalue weighted by Gasteiger charge is -2.21. The quantitative estimate of drug-likeness (QED) is 0.729. The first-order valence-electron chi connectivity index (χ1n) is 7.63. The molecule has 2 rings (SSSR count). The molecular formula is C17H27NO2. The monoisotopic (exact) mass is 277 g/mol. The van der Waals surface area contributed by atoms with Crippen LogP contribution in [0, 0.1) is 11.3 Å². The molecule has 3 heteroatoms. The zero-order valence-electron chi connectivity index (χ0n) is 12.6. The van der Waals surface area contributed by atoms with Gasteiger partial charge >= 0.3 is 0 Å². The molecule has 1 unspecified atom stereocenters. The van der Waals surface area contributed by atoms with Crippen LogP contribution in [-0.2, 0) is 11.3 Å². The van der Waals surface area contributed by atoms with Gasteiger partial charge in [0.05, 0.1) is 19.3 Å². The molecule has 1 fully saturated rings. The molecule has 1 atom stereocenters. The number of aliphatic hydroxyl groups is 1. The van der Waals surface area contributed by atoms with E-state index in [0.717, 1.165) is 18.0 Å². The number of ether oxygens (including phenoxy) is 1. The molecule has 0 heterocycles. The van der Waals surface area contributed by atoms with Gasteiger partial charge in [0.15, 0.2) is 0 Å². The maximum atomic E-state index is 9.90. The van der Waals surface area contributed by atoms with Crippen LogP contribution >= 0.6 is 0 Å². The predicted molar refractivity (Wildman–Crippen MR) is 81.5 cm³/mol. The molecule has 0 aromatic heterocycles. The normalized spacial score (nSPS) is 18.2. The van der Waals surface area contributed by atoms with Crippen molar-refractivity contribution in [3.63, 3.8) is 0 Å². The smallest absolute Gasteiger partial charge is 0.0897 e. The predicted octanol–water partition coefficient (Wildman–Crippen LogP) is 2.59. The molecule has 1 aromatic carbocycles. The molecule has 1 aliphatic rings. The van der Waals surface area contributed by atoms with E-state index in [2.05, 4.69) is 19.2 Å². The second kappa shape index (κ2) is 7.21. The van der Waals surface area contributed by atoms with E-state index in [4.69, 9.17) is 4.74 Å². The highest BCUT2D eigenvalue weighted by molar-refractivity contribution is 5.13. The highest BCUT2D eigenvalue weighted by Crippen LogP contribution is 2.51. The Morgan fingerprint density at radius 2 is 1.95 bits per heavy atom. The Bertz CT molecular complexity index is 387. The number of hydrogen-bond donors (Lipinski definition) is 2.